The predicted molar refractivity (Wildman–Crippen MR) is 95.5 cm³/mol. The number of hydrogen-bond acceptors (Lipinski definition) is 6. The smallest absolute Gasteiger partial charge is 0.277 e. The van der Waals surface area contributed by atoms with E-state index in [1.807, 2.05) is 0 Å². The van der Waals surface area contributed by atoms with E-state index in [1.165, 1.54) is 48.5 Å². The van der Waals surface area contributed by atoms with E-state index in [2.05, 4.69) is 15.5 Å². The van der Waals surface area contributed by atoms with E-state index < -0.39 is 6.10 Å². The first kappa shape index (κ1) is 18.8. The Balaban J connectivity index is 1.50. The highest BCUT2D eigenvalue weighted by Crippen LogP contribution is 2.24. The van der Waals surface area contributed by atoms with Gasteiger partial charge in [0.15, 0.2) is 6.10 Å². The highest BCUT2D eigenvalue weighted by molar-refractivity contribution is 7.99. The number of hydrogen-bond donors (Lipinski definition) is 1. The Hall–Kier alpha value is -2.94. The number of nitrogens with zero attached hydrogens (tertiary/aromatic N) is 2. The Morgan fingerprint density at radius 1 is 1.11 bits per heavy atom. The van der Waals surface area contributed by atoms with Gasteiger partial charge in [0.2, 0.25) is 5.91 Å². The number of aromatic nitrogens is 2. The first-order valence-corrected chi connectivity index (χ1v) is 8.92. The maximum Gasteiger partial charge on any atom is 0.277 e. The van der Waals surface area contributed by atoms with Crippen molar-refractivity contribution in [1.29, 1.82) is 0 Å². The number of thioether (sulfide) groups is 1. The molecule has 0 unspecified atom stereocenters. The van der Waals surface area contributed by atoms with Crippen molar-refractivity contribution < 1.29 is 22.7 Å². The molecule has 0 radical (unpaired) electrons. The Kier molecular flexibility index (Phi) is 6.02. The average molecular weight is 391 g/mol. The van der Waals surface area contributed by atoms with Gasteiger partial charge in [0, 0.05) is 5.69 Å². The van der Waals surface area contributed by atoms with Crippen molar-refractivity contribution in [2.24, 2.45) is 0 Å². The van der Waals surface area contributed by atoms with Gasteiger partial charge in [0.1, 0.15) is 17.4 Å². The van der Waals surface area contributed by atoms with Gasteiger partial charge < -0.3 is 14.5 Å². The highest BCUT2D eigenvalue weighted by Gasteiger charge is 2.17. The molecule has 0 saturated carbocycles. The number of carbonyl (C=O) groups excluding carboxylic acids is 1. The lowest BCUT2D eigenvalue weighted by Gasteiger charge is -2.10. The van der Waals surface area contributed by atoms with Crippen LogP contribution in [-0.2, 0) is 4.79 Å². The van der Waals surface area contributed by atoms with Crippen molar-refractivity contribution in [1.82, 2.24) is 10.2 Å². The SMILES string of the molecule is C[C@@H](Oc1ccc(F)cc1)c1nnc(SCC(=O)Nc2ccc(F)cc2)o1. The lowest BCUT2D eigenvalue weighted by molar-refractivity contribution is -0.113. The van der Waals surface area contributed by atoms with Crippen LogP contribution in [0, 0.1) is 11.6 Å². The summed E-state index contributed by atoms with van der Waals surface area (Å²) in [5, 5.41) is 10.6. The van der Waals surface area contributed by atoms with Gasteiger partial charge in [0.05, 0.1) is 5.75 Å². The molecule has 140 valence electrons. The standard InChI is InChI=1S/C18H15F2N3O3S/c1-11(25-15-8-4-13(20)5-9-15)17-22-23-18(26-17)27-10-16(24)21-14-6-2-12(19)3-7-14/h2-9,11H,10H2,1H3,(H,21,24)/t11-/m1/s1. The van der Waals surface area contributed by atoms with Crippen molar-refractivity contribution in [3.8, 4) is 5.75 Å². The summed E-state index contributed by atoms with van der Waals surface area (Å²) in [6.45, 7) is 1.71. The molecule has 1 aromatic heterocycles. The van der Waals surface area contributed by atoms with E-state index in [4.69, 9.17) is 9.15 Å². The first-order chi connectivity index (χ1) is 13.0. The number of nitrogens with one attached hydrogen (secondary N) is 1. The van der Waals surface area contributed by atoms with E-state index in [0.717, 1.165) is 11.8 Å². The number of halogens is 2. The summed E-state index contributed by atoms with van der Waals surface area (Å²) in [6.07, 6.45) is -0.537. The third-order valence-electron chi connectivity index (χ3n) is 3.35. The summed E-state index contributed by atoms with van der Waals surface area (Å²) in [7, 11) is 0. The zero-order valence-corrected chi connectivity index (χ0v) is 15.0. The fourth-order valence-corrected chi connectivity index (χ4v) is 2.64. The Morgan fingerprint density at radius 2 is 1.74 bits per heavy atom. The Labute approximate surface area is 157 Å². The second-order valence-corrected chi connectivity index (χ2v) is 6.39. The van der Waals surface area contributed by atoms with Crippen LogP contribution in [0.1, 0.15) is 18.9 Å². The fourth-order valence-electron chi connectivity index (χ4n) is 2.07. The molecule has 0 bridgehead atoms. The van der Waals surface area contributed by atoms with Crippen LogP contribution in [0.2, 0.25) is 0 Å². The van der Waals surface area contributed by atoms with Crippen molar-refractivity contribution in [2.75, 3.05) is 11.1 Å². The molecule has 0 spiro atoms. The fraction of sp³-hybridized carbons (Fsp3) is 0.167. The molecular formula is C18H15F2N3O3S. The third-order valence-corrected chi connectivity index (χ3v) is 4.17. The molecule has 0 saturated heterocycles. The number of benzene rings is 2. The van der Waals surface area contributed by atoms with Crippen molar-refractivity contribution in [3.05, 3.63) is 66.1 Å². The molecule has 1 atom stereocenters. The summed E-state index contributed by atoms with van der Waals surface area (Å²) in [5.74, 6) is -0.271. The van der Waals surface area contributed by atoms with Gasteiger partial charge in [0.25, 0.3) is 11.1 Å². The van der Waals surface area contributed by atoms with Crippen LogP contribution in [0.4, 0.5) is 14.5 Å². The van der Waals surface area contributed by atoms with Crippen LogP contribution in [0.15, 0.2) is 58.2 Å². The van der Waals surface area contributed by atoms with E-state index in [0.29, 0.717) is 11.4 Å². The minimum Gasteiger partial charge on any atom is -0.481 e. The molecule has 27 heavy (non-hydrogen) atoms. The van der Waals surface area contributed by atoms with E-state index in [1.54, 1.807) is 6.92 Å². The Morgan fingerprint density at radius 3 is 2.41 bits per heavy atom. The quantitative estimate of drug-likeness (QED) is 0.608. The van der Waals surface area contributed by atoms with E-state index in [-0.39, 0.29) is 34.4 Å². The normalized spacial score (nSPS) is 11.8. The minimum atomic E-state index is -0.537. The maximum absolute atomic E-state index is 12.9. The molecule has 1 amide bonds. The summed E-state index contributed by atoms with van der Waals surface area (Å²) >= 11 is 1.07. The average Bonchev–Trinajstić information content (AvgIpc) is 3.13. The summed E-state index contributed by atoms with van der Waals surface area (Å²) in [4.78, 5) is 11.9. The molecular weight excluding hydrogens is 376 g/mol. The highest BCUT2D eigenvalue weighted by atomic mass is 32.2. The van der Waals surface area contributed by atoms with Gasteiger partial charge >= 0.3 is 0 Å². The zero-order valence-electron chi connectivity index (χ0n) is 14.2. The monoisotopic (exact) mass is 391 g/mol. The van der Waals surface area contributed by atoms with Gasteiger partial charge in [-0.2, -0.15) is 0 Å². The minimum absolute atomic E-state index is 0.0478. The number of rotatable bonds is 7. The number of carbonyl (C=O) groups is 1. The first-order valence-electron chi connectivity index (χ1n) is 7.93. The van der Waals surface area contributed by atoms with Gasteiger partial charge in [-0.1, -0.05) is 11.8 Å². The largest absolute Gasteiger partial charge is 0.481 e. The molecule has 6 nitrogen and oxygen atoms in total. The number of anilines is 1. The van der Waals surface area contributed by atoms with Crippen molar-refractivity contribution >= 4 is 23.4 Å². The van der Waals surface area contributed by atoms with Gasteiger partial charge in [-0.15, -0.1) is 10.2 Å². The topological polar surface area (TPSA) is 77.2 Å². The molecule has 2 aromatic carbocycles. The Bertz CT molecular complexity index is 901. The summed E-state index contributed by atoms with van der Waals surface area (Å²) in [5.41, 5.74) is 0.495. The van der Waals surface area contributed by atoms with Crippen LogP contribution in [0.25, 0.3) is 0 Å². The van der Waals surface area contributed by atoms with Gasteiger partial charge in [-0.3, -0.25) is 4.79 Å². The lowest BCUT2D eigenvalue weighted by atomic mass is 10.3. The van der Waals surface area contributed by atoms with E-state index in [9.17, 15) is 13.6 Å². The summed E-state index contributed by atoms with van der Waals surface area (Å²) in [6, 6.07) is 11.0. The molecule has 0 aliphatic heterocycles. The molecule has 0 aliphatic carbocycles. The van der Waals surface area contributed by atoms with Gasteiger partial charge in [-0.25, -0.2) is 8.78 Å². The molecule has 3 aromatic rings. The molecule has 0 fully saturated rings. The molecule has 3 rings (SSSR count). The van der Waals surface area contributed by atoms with Crippen LogP contribution in [0.5, 0.6) is 5.75 Å². The maximum atomic E-state index is 12.9. The molecule has 9 heteroatoms. The third kappa shape index (κ3) is 5.52. The molecule has 0 aliphatic rings. The molecule has 1 N–H and O–H groups in total. The predicted octanol–water partition coefficient (Wildman–Crippen LogP) is 4.22. The lowest BCUT2D eigenvalue weighted by Crippen LogP contribution is -2.13. The van der Waals surface area contributed by atoms with Crippen LogP contribution in [0.3, 0.4) is 0 Å². The zero-order chi connectivity index (χ0) is 19.2. The van der Waals surface area contributed by atoms with Crippen molar-refractivity contribution in [2.45, 2.75) is 18.3 Å². The summed E-state index contributed by atoms with van der Waals surface area (Å²) < 4.78 is 36.8. The second-order valence-electron chi connectivity index (χ2n) is 5.46. The molecule has 1 heterocycles. The van der Waals surface area contributed by atoms with Crippen LogP contribution in [-0.4, -0.2) is 21.9 Å². The van der Waals surface area contributed by atoms with Crippen molar-refractivity contribution in [3.63, 3.8) is 0 Å². The number of ether oxygens (including phenoxy) is 1. The van der Waals surface area contributed by atoms with Crippen LogP contribution < -0.4 is 10.1 Å². The van der Waals surface area contributed by atoms with Gasteiger partial charge in [-0.05, 0) is 55.5 Å². The second kappa shape index (κ2) is 8.63. The van der Waals surface area contributed by atoms with E-state index >= 15 is 0 Å². The van der Waals surface area contributed by atoms with Crippen LogP contribution >= 0.6 is 11.8 Å². The number of amides is 1.